The zero-order valence-corrected chi connectivity index (χ0v) is 17.0. The van der Waals surface area contributed by atoms with Crippen LogP contribution >= 0.6 is 0 Å². The number of nitrogens with two attached hydrogens (primary N) is 1. The van der Waals surface area contributed by atoms with Crippen LogP contribution in [-0.2, 0) is 14.6 Å². The van der Waals surface area contributed by atoms with Gasteiger partial charge in [-0.2, -0.15) is 0 Å². The monoisotopic (exact) mass is 434 g/mol. The van der Waals surface area contributed by atoms with Crippen molar-refractivity contribution in [3.63, 3.8) is 0 Å². The van der Waals surface area contributed by atoms with Gasteiger partial charge in [-0.15, -0.1) is 0 Å². The zero-order chi connectivity index (χ0) is 22.2. The molecule has 31 heavy (non-hydrogen) atoms. The van der Waals surface area contributed by atoms with E-state index >= 15 is 0 Å². The molecule has 8 heteroatoms. The maximum absolute atomic E-state index is 13.4. The van der Waals surface area contributed by atoms with Crippen LogP contribution in [0.15, 0.2) is 100 Å². The summed E-state index contributed by atoms with van der Waals surface area (Å²) in [6, 6.07) is 21.0. The van der Waals surface area contributed by atoms with Crippen molar-refractivity contribution in [3.05, 3.63) is 107 Å². The Morgan fingerprint density at radius 2 is 1.42 bits per heavy atom. The molecule has 0 saturated heterocycles. The highest BCUT2D eigenvalue weighted by atomic mass is 32.2. The van der Waals surface area contributed by atoms with Crippen LogP contribution in [-0.4, -0.2) is 25.3 Å². The van der Waals surface area contributed by atoms with Gasteiger partial charge < -0.3 is 10.8 Å². The minimum absolute atomic E-state index is 0.0313. The summed E-state index contributed by atoms with van der Waals surface area (Å²) in [7, 11) is -4.19. The Labute approximate surface area is 179 Å². The van der Waals surface area contributed by atoms with Crippen LogP contribution in [0.3, 0.4) is 0 Å². The highest BCUT2D eigenvalue weighted by molar-refractivity contribution is 7.95. The Balaban J connectivity index is 1.90. The summed E-state index contributed by atoms with van der Waals surface area (Å²) < 4.78 is 26.9. The Kier molecular flexibility index (Phi) is 5.08. The molecule has 1 unspecified atom stereocenters. The first-order chi connectivity index (χ1) is 14.8. The van der Waals surface area contributed by atoms with E-state index in [4.69, 9.17) is 5.73 Å². The molecule has 7 nitrogen and oxygen atoms in total. The number of benzene rings is 3. The van der Waals surface area contributed by atoms with Crippen molar-refractivity contribution in [2.45, 2.75) is 10.9 Å². The van der Waals surface area contributed by atoms with E-state index in [1.807, 2.05) is 0 Å². The Hall–Kier alpha value is -3.91. The first-order valence-electron chi connectivity index (χ1n) is 9.34. The molecule has 3 N–H and O–H groups in total. The van der Waals surface area contributed by atoms with Crippen molar-refractivity contribution >= 4 is 27.3 Å². The number of hydrogen-bond donors (Lipinski definition) is 2. The predicted octanol–water partition coefficient (Wildman–Crippen LogP) is 3.12. The minimum Gasteiger partial charge on any atom is -0.502 e. The molecule has 4 rings (SSSR count). The second kappa shape index (κ2) is 7.73. The number of primary amides is 1. The molecule has 1 aliphatic rings. The molecule has 1 heterocycles. The number of amides is 2. The van der Waals surface area contributed by atoms with Crippen LogP contribution in [0.2, 0.25) is 0 Å². The third-order valence-electron chi connectivity index (χ3n) is 5.05. The Morgan fingerprint density at radius 3 is 1.97 bits per heavy atom. The van der Waals surface area contributed by atoms with Crippen molar-refractivity contribution in [1.82, 2.24) is 0 Å². The third-order valence-corrected chi connectivity index (χ3v) is 6.94. The van der Waals surface area contributed by atoms with Crippen LogP contribution in [0.25, 0.3) is 0 Å². The lowest BCUT2D eigenvalue weighted by molar-refractivity contribution is -0.117. The second-order valence-electron chi connectivity index (χ2n) is 6.93. The van der Waals surface area contributed by atoms with Crippen molar-refractivity contribution < 1.29 is 23.1 Å². The molecule has 1 atom stereocenters. The summed E-state index contributed by atoms with van der Waals surface area (Å²) in [6.07, 6.45) is 0. The number of aliphatic hydroxyl groups excluding tert-OH is 1. The molecule has 0 bridgehead atoms. The van der Waals surface area contributed by atoms with E-state index in [1.165, 1.54) is 41.3 Å². The van der Waals surface area contributed by atoms with Crippen molar-refractivity contribution in [2.24, 2.45) is 5.73 Å². The van der Waals surface area contributed by atoms with Crippen molar-refractivity contribution in [2.75, 3.05) is 4.90 Å². The van der Waals surface area contributed by atoms with E-state index in [9.17, 15) is 23.1 Å². The maximum Gasteiger partial charge on any atom is 0.295 e. The van der Waals surface area contributed by atoms with Gasteiger partial charge >= 0.3 is 0 Å². The lowest BCUT2D eigenvalue weighted by Crippen LogP contribution is -2.31. The lowest BCUT2D eigenvalue weighted by Gasteiger charge is -2.27. The molecule has 0 saturated carbocycles. The summed E-state index contributed by atoms with van der Waals surface area (Å²) in [6.45, 7) is 0. The minimum atomic E-state index is -4.19. The van der Waals surface area contributed by atoms with E-state index in [1.54, 1.807) is 48.5 Å². The first kappa shape index (κ1) is 20.4. The van der Waals surface area contributed by atoms with Crippen LogP contribution in [0.1, 0.15) is 22.0 Å². The van der Waals surface area contributed by atoms with Gasteiger partial charge in [0.2, 0.25) is 15.7 Å². The topological polar surface area (TPSA) is 118 Å². The summed E-state index contributed by atoms with van der Waals surface area (Å²) in [5.74, 6) is -2.32. The highest BCUT2D eigenvalue weighted by Gasteiger charge is 2.47. The van der Waals surface area contributed by atoms with Crippen LogP contribution < -0.4 is 10.6 Å². The number of sulfone groups is 1. The fourth-order valence-corrected chi connectivity index (χ4v) is 5.22. The van der Waals surface area contributed by atoms with E-state index in [0.717, 1.165) is 0 Å². The van der Waals surface area contributed by atoms with Gasteiger partial charge in [-0.1, -0.05) is 48.5 Å². The first-order valence-corrected chi connectivity index (χ1v) is 10.8. The van der Waals surface area contributed by atoms with Gasteiger partial charge in [0, 0.05) is 11.3 Å². The smallest absolute Gasteiger partial charge is 0.295 e. The Morgan fingerprint density at radius 1 is 0.871 bits per heavy atom. The molecule has 1 aliphatic heterocycles. The fraction of sp³-hybridized carbons (Fsp3) is 0.0435. The van der Waals surface area contributed by atoms with E-state index in [0.29, 0.717) is 11.3 Å². The molecular weight excluding hydrogens is 416 g/mol. The van der Waals surface area contributed by atoms with Crippen LogP contribution in [0.4, 0.5) is 5.69 Å². The van der Waals surface area contributed by atoms with E-state index in [-0.39, 0.29) is 10.5 Å². The number of aliphatic hydroxyl groups is 1. The molecule has 0 fully saturated rings. The average Bonchev–Trinajstić information content (AvgIpc) is 3.06. The average molecular weight is 434 g/mol. The van der Waals surface area contributed by atoms with Crippen LogP contribution in [0.5, 0.6) is 0 Å². The Bertz CT molecular complexity index is 1280. The van der Waals surface area contributed by atoms with Gasteiger partial charge in [0.15, 0.2) is 5.76 Å². The standard InChI is InChI=1S/C23H18N2O5S/c24-22(27)16-11-13-17(14-12-16)25-19(15-7-3-1-4-8-15)21(20(26)23(25)28)31(29,30)18-9-5-2-6-10-18/h1-14,19,26H,(H2,24,27). The maximum atomic E-state index is 13.4. The molecule has 0 spiro atoms. The van der Waals surface area contributed by atoms with Crippen LogP contribution in [0, 0.1) is 0 Å². The third kappa shape index (κ3) is 3.47. The molecule has 3 aromatic rings. The largest absolute Gasteiger partial charge is 0.502 e. The summed E-state index contributed by atoms with van der Waals surface area (Å²) in [5.41, 5.74) is 6.34. The number of rotatable bonds is 5. The number of anilines is 1. The van der Waals surface area contributed by atoms with Gasteiger partial charge in [-0.25, -0.2) is 8.42 Å². The predicted molar refractivity (Wildman–Crippen MR) is 115 cm³/mol. The molecule has 0 aromatic heterocycles. The zero-order valence-electron chi connectivity index (χ0n) is 16.2. The van der Waals surface area contributed by atoms with Gasteiger partial charge in [-0.3, -0.25) is 14.5 Å². The molecular formula is C23H18N2O5S. The molecule has 2 amide bonds. The lowest BCUT2D eigenvalue weighted by atomic mass is 10.1. The quantitative estimate of drug-likeness (QED) is 0.640. The molecule has 156 valence electrons. The number of hydrogen-bond acceptors (Lipinski definition) is 5. The molecule has 3 aromatic carbocycles. The molecule has 0 radical (unpaired) electrons. The summed E-state index contributed by atoms with van der Waals surface area (Å²) >= 11 is 0. The van der Waals surface area contributed by atoms with Crippen molar-refractivity contribution in [3.8, 4) is 0 Å². The summed E-state index contributed by atoms with van der Waals surface area (Å²) in [4.78, 5) is 25.2. The number of nitrogens with zero attached hydrogens (tertiary/aromatic N) is 1. The van der Waals surface area contributed by atoms with Gasteiger partial charge in [0.1, 0.15) is 10.9 Å². The summed E-state index contributed by atoms with van der Waals surface area (Å²) in [5, 5.41) is 10.7. The number of carbonyl (C=O) groups excluding carboxylic acids is 2. The van der Waals surface area contributed by atoms with Crippen molar-refractivity contribution in [1.29, 1.82) is 0 Å². The molecule has 0 aliphatic carbocycles. The van der Waals surface area contributed by atoms with Gasteiger partial charge in [0.25, 0.3) is 5.91 Å². The normalized spacial score (nSPS) is 16.6. The van der Waals surface area contributed by atoms with Gasteiger partial charge in [0.05, 0.1) is 4.90 Å². The number of carbonyl (C=O) groups is 2. The van der Waals surface area contributed by atoms with Gasteiger partial charge in [-0.05, 0) is 42.0 Å². The highest BCUT2D eigenvalue weighted by Crippen LogP contribution is 2.44. The van der Waals surface area contributed by atoms with E-state index in [2.05, 4.69) is 0 Å². The fourth-order valence-electron chi connectivity index (χ4n) is 3.57. The SMILES string of the molecule is NC(=O)c1ccc(N2C(=O)C(O)=C(S(=O)(=O)c3ccccc3)C2c2ccccc2)cc1. The second-order valence-corrected chi connectivity index (χ2v) is 8.85. The van der Waals surface area contributed by atoms with E-state index < -0.39 is 38.4 Å².